The van der Waals surface area contributed by atoms with E-state index in [9.17, 15) is 5.11 Å². The van der Waals surface area contributed by atoms with Crippen LogP contribution < -0.4 is 0 Å². The summed E-state index contributed by atoms with van der Waals surface area (Å²) in [5, 5.41) is 12.5. The summed E-state index contributed by atoms with van der Waals surface area (Å²) in [6, 6.07) is 0. The van der Waals surface area contributed by atoms with Crippen molar-refractivity contribution in [2.45, 2.75) is 39.0 Å². The molecule has 16 heavy (non-hydrogen) atoms. The fourth-order valence-corrected chi connectivity index (χ4v) is 3.12. The highest BCUT2D eigenvalue weighted by molar-refractivity contribution is 7.10. The van der Waals surface area contributed by atoms with Crippen molar-refractivity contribution in [3.8, 4) is 0 Å². The van der Waals surface area contributed by atoms with Crippen LogP contribution in [0.15, 0.2) is 11.0 Å². The molecule has 1 N–H and O–H groups in total. The highest BCUT2D eigenvalue weighted by Gasteiger charge is 2.17. The van der Waals surface area contributed by atoms with Gasteiger partial charge in [0.15, 0.2) is 0 Å². The largest absolute Gasteiger partial charge is 0.392 e. The number of rotatable bonds is 3. The van der Waals surface area contributed by atoms with Crippen LogP contribution in [0.3, 0.4) is 0 Å². The topological polar surface area (TPSA) is 33.1 Å². The lowest BCUT2D eigenvalue weighted by atomic mass is 9.84. The molecule has 0 spiro atoms. The van der Waals surface area contributed by atoms with E-state index in [0.29, 0.717) is 5.92 Å². The van der Waals surface area contributed by atoms with E-state index in [1.807, 2.05) is 6.92 Å². The van der Waals surface area contributed by atoms with Crippen LogP contribution in [0.4, 0.5) is 0 Å². The first-order valence-electron chi connectivity index (χ1n) is 6.03. The molecule has 0 aliphatic heterocycles. The maximum absolute atomic E-state index is 9.45. The molecular formula is C13H19NOS. The Labute approximate surface area is 101 Å². The van der Waals surface area contributed by atoms with Crippen molar-refractivity contribution in [2.75, 3.05) is 6.61 Å². The summed E-state index contributed by atoms with van der Waals surface area (Å²) in [5.74, 6) is 0.586. The van der Waals surface area contributed by atoms with Crippen LogP contribution in [0.1, 0.15) is 42.8 Å². The predicted octanol–water partition coefficient (Wildman–Crippen LogP) is 3.41. The van der Waals surface area contributed by atoms with Gasteiger partial charge in [0, 0.05) is 11.1 Å². The lowest BCUT2D eigenvalue weighted by molar-refractivity contribution is 0.295. The lowest BCUT2D eigenvalue weighted by Gasteiger charge is -2.23. The van der Waals surface area contributed by atoms with E-state index in [1.165, 1.54) is 37.7 Å². The van der Waals surface area contributed by atoms with Crippen LogP contribution in [0, 0.1) is 12.8 Å². The molecule has 1 saturated carbocycles. The quantitative estimate of drug-likeness (QED) is 0.874. The molecule has 0 aromatic carbocycles. The van der Waals surface area contributed by atoms with Crippen LogP contribution >= 0.6 is 11.3 Å². The van der Waals surface area contributed by atoms with E-state index in [0.717, 1.165) is 10.7 Å². The number of hydrogen-bond acceptors (Lipinski definition) is 3. The van der Waals surface area contributed by atoms with E-state index in [-0.39, 0.29) is 6.61 Å². The predicted molar refractivity (Wildman–Crippen MR) is 68.5 cm³/mol. The number of aryl methyl sites for hydroxylation is 1. The number of aliphatic hydroxyl groups excluding tert-OH is 1. The van der Waals surface area contributed by atoms with Crippen molar-refractivity contribution in [1.29, 1.82) is 0 Å². The minimum absolute atomic E-state index is 0.184. The standard InChI is InChI=1S/C13H19NOS/c1-10-9-16-13(14-10)7-12(8-15)11-5-3-2-4-6-11/h7,9,11,15H,2-6,8H2,1H3/b12-7-. The van der Waals surface area contributed by atoms with Gasteiger partial charge in [-0.1, -0.05) is 19.3 Å². The average Bonchev–Trinajstić information content (AvgIpc) is 2.73. The Morgan fingerprint density at radius 2 is 2.25 bits per heavy atom. The normalized spacial score (nSPS) is 19.0. The number of aliphatic hydroxyl groups is 1. The Morgan fingerprint density at radius 1 is 1.50 bits per heavy atom. The Morgan fingerprint density at radius 3 is 2.81 bits per heavy atom. The molecule has 0 saturated heterocycles. The van der Waals surface area contributed by atoms with Crippen LogP contribution in [0.2, 0.25) is 0 Å². The van der Waals surface area contributed by atoms with Gasteiger partial charge in [-0.3, -0.25) is 0 Å². The van der Waals surface area contributed by atoms with E-state index in [1.54, 1.807) is 11.3 Å². The van der Waals surface area contributed by atoms with E-state index in [4.69, 9.17) is 0 Å². The lowest BCUT2D eigenvalue weighted by Crippen LogP contribution is -2.11. The van der Waals surface area contributed by atoms with Gasteiger partial charge >= 0.3 is 0 Å². The van der Waals surface area contributed by atoms with E-state index >= 15 is 0 Å². The molecule has 2 nitrogen and oxygen atoms in total. The smallest absolute Gasteiger partial charge is 0.116 e. The van der Waals surface area contributed by atoms with Gasteiger partial charge < -0.3 is 5.11 Å². The maximum Gasteiger partial charge on any atom is 0.116 e. The van der Waals surface area contributed by atoms with Gasteiger partial charge in [-0.15, -0.1) is 11.3 Å². The first-order valence-corrected chi connectivity index (χ1v) is 6.91. The zero-order chi connectivity index (χ0) is 11.4. The molecule has 1 aromatic rings. The van der Waals surface area contributed by atoms with Gasteiger partial charge in [0.05, 0.1) is 6.61 Å². The summed E-state index contributed by atoms with van der Waals surface area (Å²) < 4.78 is 0. The Bertz CT molecular complexity index is 364. The molecule has 3 heteroatoms. The molecule has 0 unspecified atom stereocenters. The third kappa shape index (κ3) is 2.92. The first-order chi connectivity index (χ1) is 7.79. The monoisotopic (exact) mass is 237 g/mol. The van der Waals surface area contributed by atoms with Crippen molar-refractivity contribution in [1.82, 2.24) is 4.98 Å². The van der Waals surface area contributed by atoms with Crippen LogP contribution in [0.25, 0.3) is 6.08 Å². The first kappa shape index (κ1) is 11.8. The van der Waals surface area contributed by atoms with Crippen molar-refractivity contribution in [3.63, 3.8) is 0 Å². The summed E-state index contributed by atoms with van der Waals surface area (Å²) in [4.78, 5) is 4.42. The van der Waals surface area contributed by atoms with Crippen LogP contribution in [-0.2, 0) is 0 Å². The fourth-order valence-electron chi connectivity index (χ4n) is 2.36. The molecule has 1 fully saturated rings. The fraction of sp³-hybridized carbons (Fsp3) is 0.615. The number of thiazole rings is 1. The number of aromatic nitrogens is 1. The van der Waals surface area contributed by atoms with Crippen LogP contribution in [-0.4, -0.2) is 16.7 Å². The molecule has 1 aliphatic rings. The van der Waals surface area contributed by atoms with Crippen LogP contribution in [0.5, 0.6) is 0 Å². The van der Waals surface area contributed by atoms with Gasteiger partial charge in [0.2, 0.25) is 0 Å². The molecule has 1 heterocycles. The summed E-state index contributed by atoms with van der Waals surface area (Å²) in [6.45, 7) is 2.19. The van der Waals surface area contributed by atoms with E-state index < -0.39 is 0 Å². The molecular weight excluding hydrogens is 218 g/mol. The average molecular weight is 237 g/mol. The molecule has 1 aliphatic carbocycles. The minimum Gasteiger partial charge on any atom is -0.392 e. The second-order valence-electron chi connectivity index (χ2n) is 4.54. The molecule has 0 atom stereocenters. The molecule has 1 aromatic heterocycles. The van der Waals surface area contributed by atoms with Gasteiger partial charge in [-0.25, -0.2) is 4.98 Å². The minimum atomic E-state index is 0.184. The third-order valence-electron chi connectivity index (χ3n) is 3.26. The zero-order valence-corrected chi connectivity index (χ0v) is 10.6. The third-order valence-corrected chi connectivity index (χ3v) is 4.17. The Kier molecular flexibility index (Phi) is 4.13. The number of nitrogens with zero attached hydrogens (tertiary/aromatic N) is 1. The van der Waals surface area contributed by atoms with Crippen molar-refractivity contribution in [2.24, 2.45) is 5.92 Å². The summed E-state index contributed by atoms with van der Waals surface area (Å²) in [5.41, 5.74) is 2.24. The van der Waals surface area contributed by atoms with Crippen molar-refractivity contribution < 1.29 is 5.11 Å². The van der Waals surface area contributed by atoms with Crippen molar-refractivity contribution >= 4 is 17.4 Å². The zero-order valence-electron chi connectivity index (χ0n) is 9.78. The number of hydrogen-bond donors (Lipinski definition) is 1. The van der Waals surface area contributed by atoms with Gasteiger partial charge in [0.1, 0.15) is 5.01 Å². The second-order valence-corrected chi connectivity index (χ2v) is 5.43. The highest BCUT2D eigenvalue weighted by Crippen LogP contribution is 2.30. The SMILES string of the molecule is Cc1csc(/C=C(/CO)C2CCCCC2)n1. The Hall–Kier alpha value is -0.670. The van der Waals surface area contributed by atoms with Gasteiger partial charge in [-0.05, 0) is 37.3 Å². The molecule has 88 valence electrons. The molecule has 0 amide bonds. The van der Waals surface area contributed by atoms with E-state index in [2.05, 4.69) is 16.4 Å². The summed E-state index contributed by atoms with van der Waals surface area (Å²) >= 11 is 1.66. The maximum atomic E-state index is 9.45. The Balaban J connectivity index is 2.11. The molecule has 0 bridgehead atoms. The highest BCUT2D eigenvalue weighted by atomic mass is 32.1. The molecule has 2 rings (SSSR count). The second kappa shape index (κ2) is 5.60. The summed E-state index contributed by atoms with van der Waals surface area (Å²) in [7, 11) is 0. The van der Waals surface area contributed by atoms with Crippen molar-refractivity contribution in [3.05, 3.63) is 21.7 Å². The molecule has 0 radical (unpaired) electrons. The van der Waals surface area contributed by atoms with Gasteiger partial charge in [0.25, 0.3) is 0 Å². The van der Waals surface area contributed by atoms with Gasteiger partial charge in [-0.2, -0.15) is 0 Å². The summed E-state index contributed by atoms with van der Waals surface area (Å²) in [6.07, 6.45) is 8.52.